The smallest absolute Gasteiger partial charge is 0.311 e. The third kappa shape index (κ3) is 8.07. The Bertz CT molecular complexity index is 1310. The first-order valence-electron chi connectivity index (χ1n) is 18.7. The summed E-state index contributed by atoms with van der Waals surface area (Å²) < 4.78 is 15.7. The standard InChI is InChI=1S/C40H60I3NO3/c1-8-26(20-30-34(41)22-35(42)37(44)36(30)43)38(45)47-25(5)46-28-16-18-39(6)27(21-28)12-13-29-32-15-14-31(24(4)11-9-10-23(2)3)40(32,7)19-17-33(29)39/h12,22-26,28-29,31-33H,8-11,13-21,44H2,1-7H3/t24-,25?,26?,28+,29?,31-,32?,33?,39+,40-/m1/s1. The van der Waals surface area contributed by atoms with Crippen LogP contribution in [0.3, 0.4) is 0 Å². The molecular formula is C40H60I3NO3. The van der Waals surface area contributed by atoms with Crippen molar-refractivity contribution >= 4 is 79.4 Å². The monoisotopic (exact) mass is 983 g/mol. The molecule has 3 fully saturated rings. The van der Waals surface area contributed by atoms with E-state index >= 15 is 0 Å². The molecule has 0 amide bonds. The van der Waals surface area contributed by atoms with Crippen LogP contribution in [0.1, 0.15) is 131 Å². The molecule has 0 aromatic heterocycles. The number of nitrogens with two attached hydrogens (primary N) is 1. The number of esters is 1. The van der Waals surface area contributed by atoms with Crippen LogP contribution in [0, 0.1) is 63.0 Å². The number of fused-ring (bicyclic) bond motifs is 5. The van der Waals surface area contributed by atoms with Gasteiger partial charge in [-0.3, -0.25) is 4.79 Å². The Kier molecular flexibility index (Phi) is 13.1. The maximum Gasteiger partial charge on any atom is 0.311 e. The van der Waals surface area contributed by atoms with E-state index in [9.17, 15) is 4.79 Å². The number of rotatable bonds is 12. The summed E-state index contributed by atoms with van der Waals surface area (Å²) in [6, 6.07) is 2.10. The zero-order valence-corrected chi connectivity index (χ0v) is 36.5. The summed E-state index contributed by atoms with van der Waals surface area (Å²) in [6.45, 7) is 16.6. The number of halogens is 3. The molecule has 10 atom stereocenters. The van der Waals surface area contributed by atoms with Crippen LogP contribution >= 0.6 is 67.8 Å². The minimum atomic E-state index is -0.545. The molecule has 47 heavy (non-hydrogen) atoms. The molecule has 1 aromatic rings. The Morgan fingerprint density at radius 1 is 1.00 bits per heavy atom. The Morgan fingerprint density at radius 2 is 1.74 bits per heavy atom. The quantitative estimate of drug-likeness (QED) is 0.0745. The number of allylic oxidation sites excluding steroid dienone is 1. The van der Waals surface area contributed by atoms with Crippen LogP contribution in [0.4, 0.5) is 5.69 Å². The molecule has 0 aliphatic heterocycles. The summed E-state index contributed by atoms with van der Waals surface area (Å²) in [5, 5.41) is 0. The molecule has 4 aliphatic rings. The molecule has 0 bridgehead atoms. The molecule has 0 saturated heterocycles. The normalized spacial score (nSPS) is 33.8. The molecule has 5 rings (SSSR count). The lowest BCUT2D eigenvalue weighted by Gasteiger charge is -2.58. The largest absolute Gasteiger partial charge is 0.436 e. The van der Waals surface area contributed by atoms with Gasteiger partial charge in [0.2, 0.25) is 0 Å². The maximum atomic E-state index is 13.4. The Labute approximate surface area is 327 Å². The number of nitrogen functional groups attached to an aromatic ring is 1. The van der Waals surface area contributed by atoms with Gasteiger partial charge in [0.1, 0.15) is 0 Å². The van der Waals surface area contributed by atoms with Gasteiger partial charge in [-0.1, -0.05) is 72.5 Å². The van der Waals surface area contributed by atoms with Gasteiger partial charge < -0.3 is 15.2 Å². The number of hydrogen-bond donors (Lipinski definition) is 1. The van der Waals surface area contributed by atoms with E-state index in [4.69, 9.17) is 15.2 Å². The van der Waals surface area contributed by atoms with Crippen molar-refractivity contribution in [2.45, 2.75) is 144 Å². The van der Waals surface area contributed by atoms with Gasteiger partial charge in [0.25, 0.3) is 0 Å². The molecule has 4 nitrogen and oxygen atoms in total. The maximum absolute atomic E-state index is 13.4. The predicted molar refractivity (Wildman–Crippen MR) is 220 cm³/mol. The van der Waals surface area contributed by atoms with Gasteiger partial charge in [-0.2, -0.15) is 0 Å². The van der Waals surface area contributed by atoms with Crippen molar-refractivity contribution in [3.8, 4) is 0 Å². The highest BCUT2D eigenvalue weighted by Crippen LogP contribution is 2.67. The van der Waals surface area contributed by atoms with Crippen molar-refractivity contribution in [1.29, 1.82) is 0 Å². The lowest BCUT2D eigenvalue weighted by molar-refractivity contribution is -0.192. The second kappa shape index (κ2) is 16.0. The van der Waals surface area contributed by atoms with E-state index in [1.54, 1.807) is 5.57 Å². The first-order valence-corrected chi connectivity index (χ1v) is 21.9. The van der Waals surface area contributed by atoms with E-state index in [-0.39, 0.29) is 18.0 Å². The third-order valence-electron chi connectivity index (χ3n) is 13.5. The SMILES string of the molecule is CCC(Cc1c(I)cc(I)c(N)c1I)C(=O)OC(C)O[C@H]1CC[C@@]2(C)C(=CCC3C2CC[C@@]2(C)C3CC[C@@H]2[C@H](C)CCCC(C)C)C1. The number of benzene rings is 1. The van der Waals surface area contributed by atoms with Gasteiger partial charge in [0.05, 0.1) is 17.7 Å². The Hall–Kier alpha value is 0.380. The molecule has 2 N–H and O–H groups in total. The lowest BCUT2D eigenvalue weighted by atomic mass is 9.47. The van der Waals surface area contributed by atoms with Crippen LogP contribution in [0.2, 0.25) is 0 Å². The van der Waals surface area contributed by atoms with Gasteiger partial charge in [-0.05, 0) is 197 Å². The van der Waals surface area contributed by atoms with Crippen molar-refractivity contribution in [2.75, 3.05) is 5.73 Å². The summed E-state index contributed by atoms with van der Waals surface area (Å²) in [5.74, 6) is 4.73. The highest BCUT2D eigenvalue weighted by molar-refractivity contribution is 14.1. The van der Waals surface area contributed by atoms with Crippen molar-refractivity contribution < 1.29 is 14.3 Å². The van der Waals surface area contributed by atoms with E-state index in [1.165, 1.54) is 57.8 Å². The fourth-order valence-corrected chi connectivity index (χ4v) is 14.6. The molecule has 4 aliphatic carbocycles. The fourth-order valence-electron chi connectivity index (χ4n) is 10.8. The van der Waals surface area contributed by atoms with Gasteiger partial charge in [-0.15, -0.1) is 0 Å². The average Bonchev–Trinajstić information content (AvgIpc) is 3.37. The van der Waals surface area contributed by atoms with Crippen LogP contribution in [0.15, 0.2) is 17.7 Å². The number of carbonyl (C=O) groups excluding carboxylic acids is 1. The van der Waals surface area contributed by atoms with Gasteiger partial charge in [0.15, 0.2) is 6.29 Å². The molecule has 0 radical (unpaired) electrons. The molecule has 1 aromatic carbocycles. The number of hydrogen-bond acceptors (Lipinski definition) is 4. The second-order valence-corrected chi connectivity index (χ2v) is 20.1. The van der Waals surface area contributed by atoms with Crippen LogP contribution in [0.5, 0.6) is 0 Å². The fraction of sp³-hybridized carbons (Fsp3) is 0.775. The number of carbonyl (C=O) groups is 1. The molecular weight excluding hydrogens is 923 g/mol. The van der Waals surface area contributed by atoms with Gasteiger partial charge in [-0.25, -0.2) is 0 Å². The predicted octanol–water partition coefficient (Wildman–Crippen LogP) is 12.0. The van der Waals surface area contributed by atoms with Gasteiger partial charge in [0, 0.05) is 10.7 Å². The van der Waals surface area contributed by atoms with E-state index < -0.39 is 6.29 Å². The Balaban J connectivity index is 1.18. The lowest BCUT2D eigenvalue weighted by Crippen LogP contribution is -2.51. The van der Waals surface area contributed by atoms with E-state index in [1.807, 2.05) is 6.92 Å². The van der Waals surface area contributed by atoms with Crippen LogP contribution in [0.25, 0.3) is 0 Å². The molecule has 3 saturated carbocycles. The average molecular weight is 984 g/mol. The first-order chi connectivity index (χ1) is 22.2. The van der Waals surface area contributed by atoms with Crippen LogP contribution in [-0.4, -0.2) is 18.4 Å². The molecule has 5 unspecified atom stereocenters. The topological polar surface area (TPSA) is 61.6 Å². The molecule has 0 spiro atoms. The van der Waals surface area contributed by atoms with E-state index in [2.05, 4.69) is 121 Å². The van der Waals surface area contributed by atoms with Crippen molar-refractivity contribution in [3.63, 3.8) is 0 Å². The van der Waals surface area contributed by atoms with Crippen molar-refractivity contribution in [2.24, 2.45) is 52.3 Å². The second-order valence-electron chi connectivity index (χ2n) is 16.7. The highest BCUT2D eigenvalue weighted by Gasteiger charge is 2.59. The summed E-state index contributed by atoms with van der Waals surface area (Å²) in [6.07, 6.45) is 17.9. The summed E-state index contributed by atoms with van der Waals surface area (Å²) in [7, 11) is 0. The zero-order chi connectivity index (χ0) is 34.3. The molecule has 0 heterocycles. The van der Waals surface area contributed by atoms with Crippen LogP contribution in [-0.2, 0) is 20.7 Å². The zero-order valence-electron chi connectivity index (χ0n) is 30.0. The highest BCUT2D eigenvalue weighted by atomic mass is 127. The summed E-state index contributed by atoms with van der Waals surface area (Å²) in [5.41, 5.74) is 10.7. The van der Waals surface area contributed by atoms with Gasteiger partial charge >= 0.3 is 5.97 Å². The molecule has 7 heteroatoms. The summed E-state index contributed by atoms with van der Waals surface area (Å²) >= 11 is 6.96. The minimum absolute atomic E-state index is 0.114. The first kappa shape index (κ1) is 38.6. The van der Waals surface area contributed by atoms with Crippen molar-refractivity contribution in [1.82, 2.24) is 0 Å². The van der Waals surface area contributed by atoms with E-state index in [0.29, 0.717) is 17.3 Å². The number of ether oxygens (including phenoxy) is 2. The minimum Gasteiger partial charge on any atom is -0.436 e. The summed E-state index contributed by atoms with van der Waals surface area (Å²) in [4.78, 5) is 13.4. The van der Waals surface area contributed by atoms with Crippen LogP contribution < -0.4 is 5.73 Å². The Morgan fingerprint density at radius 3 is 2.45 bits per heavy atom. The third-order valence-corrected chi connectivity index (χ3v) is 16.6. The van der Waals surface area contributed by atoms with Crippen molar-refractivity contribution in [3.05, 3.63) is 34.0 Å². The molecule has 264 valence electrons. The van der Waals surface area contributed by atoms with E-state index in [0.717, 1.165) is 76.7 Å². The number of anilines is 1.